The molecular weight excluding hydrogens is 352 g/mol. The van der Waals surface area contributed by atoms with Crippen LogP contribution >= 0.6 is 0 Å². The monoisotopic (exact) mass is 376 g/mol. The maximum Gasteiger partial charge on any atom is 0.165 e. The number of methoxy groups -OCH3 is 2. The molecule has 0 heterocycles. The highest BCUT2D eigenvalue weighted by atomic mass is 16.5. The van der Waals surface area contributed by atoms with Gasteiger partial charge >= 0.3 is 0 Å². The van der Waals surface area contributed by atoms with E-state index in [4.69, 9.17) is 19.3 Å². The normalized spacial score (nSPS) is 11.7. The molecule has 2 aromatic rings. The molecule has 2 rings (SSSR count). The number of benzene rings is 2. The Morgan fingerprint density at radius 3 is 2.41 bits per heavy atom. The summed E-state index contributed by atoms with van der Waals surface area (Å²) in [6, 6.07) is 9.79. The van der Waals surface area contributed by atoms with Gasteiger partial charge in [0.1, 0.15) is 6.10 Å². The SMILES string of the molecule is COc1cc(C(=O)CCO)ccc1OC(CO)Cc1cccc(OC)c1O. The fourth-order valence-electron chi connectivity index (χ4n) is 2.65. The molecule has 7 heteroatoms. The molecule has 0 bridgehead atoms. The minimum atomic E-state index is -0.643. The van der Waals surface area contributed by atoms with Crippen LogP contribution < -0.4 is 14.2 Å². The number of aliphatic hydroxyl groups excluding tert-OH is 2. The van der Waals surface area contributed by atoms with Gasteiger partial charge in [0.2, 0.25) is 0 Å². The third-order valence-corrected chi connectivity index (χ3v) is 4.07. The average molecular weight is 376 g/mol. The fourth-order valence-corrected chi connectivity index (χ4v) is 2.65. The van der Waals surface area contributed by atoms with E-state index in [-0.39, 0.29) is 37.6 Å². The number of hydrogen-bond acceptors (Lipinski definition) is 7. The predicted octanol–water partition coefficient (Wildman–Crippen LogP) is 1.96. The summed E-state index contributed by atoms with van der Waals surface area (Å²) < 4.78 is 16.2. The van der Waals surface area contributed by atoms with Crippen molar-refractivity contribution in [3.05, 3.63) is 47.5 Å². The lowest BCUT2D eigenvalue weighted by Gasteiger charge is -2.20. The van der Waals surface area contributed by atoms with Crippen molar-refractivity contribution in [2.24, 2.45) is 0 Å². The molecule has 0 aliphatic carbocycles. The van der Waals surface area contributed by atoms with Crippen LogP contribution in [0.4, 0.5) is 0 Å². The summed E-state index contributed by atoms with van der Waals surface area (Å²) in [5.41, 5.74) is 0.973. The summed E-state index contributed by atoms with van der Waals surface area (Å²) in [4.78, 5) is 11.9. The minimum absolute atomic E-state index is 0.000960. The molecule has 27 heavy (non-hydrogen) atoms. The molecular formula is C20H24O7. The van der Waals surface area contributed by atoms with Crippen LogP contribution in [0.25, 0.3) is 0 Å². The maximum absolute atomic E-state index is 11.9. The van der Waals surface area contributed by atoms with Crippen molar-refractivity contribution in [3.63, 3.8) is 0 Å². The van der Waals surface area contributed by atoms with E-state index in [2.05, 4.69) is 0 Å². The number of phenolic OH excluding ortho intramolecular Hbond substituents is 1. The van der Waals surface area contributed by atoms with Gasteiger partial charge < -0.3 is 29.5 Å². The standard InChI is InChI=1S/C20H24O7/c1-25-18-5-3-4-14(20(18)24)10-15(12-22)27-17-7-6-13(11-19(17)26-2)16(23)8-9-21/h3-7,11,15,21-22,24H,8-10,12H2,1-2H3. The second kappa shape index (κ2) is 9.80. The maximum atomic E-state index is 11.9. The Kier molecular flexibility index (Phi) is 7.45. The van der Waals surface area contributed by atoms with Crippen molar-refractivity contribution in [1.82, 2.24) is 0 Å². The lowest BCUT2D eigenvalue weighted by molar-refractivity contribution is 0.0955. The molecule has 2 aromatic carbocycles. The summed E-state index contributed by atoms with van der Waals surface area (Å²) in [7, 11) is 2.91. The number of ether oxygens (including phenoxy) is 3. The lowest BCUT2D eigenvalue weighted by Crippen LogP contribution is -2.24. The Bertz CT molecular complexity index is 773. The number of ketones is 1. The lowest BCUT2D eigenvalue weighted by atomic mass is 10.1. The number of rotatable bonds is 10. The van der Waals surface area contributed by atoms with E-state index in [1.165, 1.54) is 20.3 Å². The van der Waals surface area contributed by atoms with Crippen LogP contribution in [-0.4, -0.2) is 54.6 Å². The number of aliphatic hydroxyl groups is 2. The van der Waals surface area contributed by atoms with Gasteiger partial charge in [-0.05, 0) is 24.3 Å². The summed E-state index contributed by atoms with van der Waals surface area (Å²) in [6.07, 6.45) is -0.373. The Balaban J connectivity index is 2.19. The zero-order valence-electron chi connectivity index (χ0n) is 15.3. The van der Waals surface area contributed by atoms with E-state index in [0.29, 0.717) is 28.4 Å². The summed E-state index contributed by atoms with van der Waals surface area (Å²) >= 11 is 0. The van der Waals surface area contributed by atoms with Crippen LogP contribution in [0, 0.1) is 0 Å². The van der Waals surface area contributed by atoms with Gasteiger partial charge in [0.25, 0.3) is 0 Å². The van der Waals surface area contributed by atoms with E-state index in [9.17, 15) is 15.0 Å². The molecule has 0 spiro atoms. The molecule has 0 aliphatic heterocycles. The Morgan fingerprint density at radius 1 is 1.04 bits per heavy atom. The number of phenols is 1. The van der Waals surface area contributed by atoms with Gasteiger partial charge in [-0.25, -0.2) is 0 Å². The molecule has 1 unspecified atom stereocenters. The Hall–Kier alpha value is -2.77. The third kappa shape index (κ3) is 5.12. The second-order valence-corrected chi connectivity index (χ2v) is 5.86. The quantitative estimate of drug-likeness (QED) is 0.544. The van der Waals surface area contributed by atoms with Crippen LogP contribution in [0.5, 0.6) is 23.0 Å². The van der Waals surface area contributed by atoms with Crippen LogP contribution in [-0.2, 0) is 6.42 Å². The number of aromatic hydroxyl groups is 1. The van der Waals surface area contributed by atoms with E-state index < -0.39 is 6.10 Å². The molecule has 3 N–H and O–H groups in total. The molecule has 0 aliphatic rings. The van der Waals surface area contributed by atoms with Crippen molar-refractivity contribution in [3.8, 4) is 23.0 Å². The van der Waals surface area contributed by atoms with Crippen molar-refractivity contribution in [2.75, 3.05) is 27.4 Å². The number of Topliss-reactive ketones (excluding diaryl/α,β-unsaturated/α-hetero) is 1. The van der Waals surface area contributed by atoms with Crippen LogP contribution in [0.3, 0.4) is 0 Å². The Labute approximate surface area is 157 Å². The van der Waals surface area contributed by atoms with Gasteiger partial charge in [-0.15, -0.1) is 0 Å². The molecule has 0 radical (unpaired) electrons. The first-order valence-corrected chi connectivity index (χ1v) is 8.48. The van der Waals surface area contributed by atoms with Crippen LogP contribution in [0.15, 0.2) is 36.4 Å². The minimum Gasteiger partial charge on any atom is -0.504 e. The zero-order chi connectivity index (χ0) is 19.8. The first-order valence-electron chi connectivity index (χ1n) is 8.48. The molecule has 0 amide bonds. The average Bonchev–Trinajstić information content (AvgIpc) is 2.69. The predicted molar refractivity (Wildman–Crippen MR) is 98.9 cm³/mol. The largest absolute Gasteiger partial charge is 0.504 e. The first kappa shape index (κ1) is 20.5. The molecule has 0 saturated heterocycles. The van der Waals surface area contributed by atoms with Crippen molar-refractivity contribution in [1.29, 1.82) is 0 Å². The second-order valence-electron chi connectivity index (χ2n) is 5.86. The van der Waals surface area contributed by atoms with E-state index >= 15 is 0 Å². The zero-order valence-corrected chi connectivity index (χ0v) is 15.3. The van der Waals surface area contributed by atoms with Gasteiger partial charge in [0.15, 0.2) is 28.8 Å². The summed E-state index contributed by atoms with van der Waals surface area (Å²) in [6.45, 7) is -0.513. The number of para-hydroxylation sites is 1. The van der Waals surface area contributed by atoms with E-state index in [1.807, 2.05) is 0 Å². The molecule has 7 nitrogen and oxygen atoms in total. The van der Waals surface area contributed by atoms with Gasteiger partial charge in [-0.1, -0.05) is 12.1 Å². The fraction of sp³-hybridized carbons (Fsp3) is 0.350. The number of carbonyl (C=O) groups excluding carboxylic acids is 1. The molecule has 0 aromatic heterocycles. The summed E-state index contributed by atoms with van der Waals surface area (Å²) in [5.74, 6) is 0.835. The van der Waals surface area contributed by atoms with E-state index in [1.54, 1.807) is 30.3 Å². The van der Waals surface area contributed by atoms with Crippen molar-refractivity contribution >= 4 is 5.78 Å². The Morgan fingerprint density at radius 2 is 1.78 bits per heavy atom. The van der Waals surface area contributed by atoms with Crippen molar-refractivity contribution in [2.45, 2.75) is 18.9 Å². The van der Waals surface area contributed by atoms with Gasteiger partial charge in [0, 0.05) is 24.0 Å². The topological polar surface area (TPSA) is 105 Å². The number of hydrogen-bond donors (Lipinski definition) is 3. The molecule has 0 fully saturated rings. The van der Waals surface area contributed by atoms with E-state index in [0.717, 1.165) is 0 Å². The highest BCUT2D eigenvalue weighted by Crippen LogP contribution is 2.33. The number of carbonyl (C=O) groups is 1. The van der Waals surface area contributed by atoms with Gasteiger partial charge in [-0.3, -0.25) is 4.79 Å². The molecule has 1 atom stereocenters. The summed E-state index contributed by atoms with van der Waals surface area (Å²) in [5, 5.41) is 28.8. The smallest absolute Gasteiger partial charge is 0.165 e. The van der Waals surface area contributed by atoms with Crippen LogP contribution in [0.2, 0.25) is 0 Å². The van der Waals surface area contributed by atoms with Crippen molar-refractivity contribution < 1.29 is 34.3 Å². The molecule has 0 saturated carbocycles. The molecule has 146 valence electrons. The third-order valence-electron chi connectivity index (χ3n) is 4.07. The van der Waals surface area contributed by atoms with Gasteiger partial charge in [0.05, 0.1) is 27.4 Å². The first-order chi connectivity index (χ1) is 13.0. The highest BCUT2D eigenvalue weighted by molar-refractivity contribution is 5.96. The highest BCUT2D eigenvalue weighted by Gasteiger charge is 2.18. The van der Waals surface area contributed by atoms with Gasteiger partial charge in [-0.2, -0.15) is 0 Å². The van der Waals surface area contributed by atoms with Crippen LogP contribution in [0.1, 0.15) is 22.3 Å².